The summed E-state index contributed by atoms with van der Waals surface area (Å²) < 4.78 is 1.44. The summed E-state index contributed by atoms with van der Waals surface area (Å²) in [6.45, 7) is 0. The number of rotatable bonds is 2. The first-order valence-corrected chi connectivity index (χ1v) is 3.91. The number of hydrogen-bond acceptors (Lipinski definition) is 4. The van der Waals surface area contributed by atoms with Crippen LogP contribution in [0.15, 0.2) is 37.3 Å². The fourth-order valence-corrected chi connectivity index (χ4v) is 0.916. The molecule has 0 bridgehead atoms. The lowest BCUT2D eigenvalue weighted by Crippen LogP contribution is -2.22. The molecule has 14 heavy (non-hydrogen) atoms. The highest BCUT2D eigenvalue weighted by Crippen LogP contribution is 1.91. The third-order valence-corrected chi connectivity index (χ3v) is 1.53. The van der Waals surface area contributed by atoms with Crippen molar-refractivity contribution in [3.63, 3.8) is 0 Å². The first-order chi connectivity index (χ1) is 6.86. The zero-order valence-electron chi connectivity index (χ0n) is 7.16. The molecule has 2 rings (SSSR count). The molecule has 1 amide bonds. The number of nitrogens with zero attached hydrogens (tertiary/aromatic N) is 4. The first kappa shape index (κ1) is 8.36. The third-order valence-electron chi connectivity index (χ3n) is 1.53. The zero-order chi connectivity index (χ0) is 9.80. The van der Waals surface area contributed by atoms with E-state index in [1.54, 1.807) is 12.4 Å². The fraction of sp³-hybridized carbons (Fsp3) is 0. The lowest BCUT2D eigenvalue weighted by Gasteiger charge is -2.02. The smallest absolute Gasteiger partial charge is 0.266 e. The highest BCUT2D eigenvalue weighted by molar-refractivity contribution is 5.97. The van der Waals surface area contributed by atoms with Crippen LogP contribution in [0, 0.1) is 0 Å². The predicted octanol–water partition coefficient (Wildman–Crippen LogP) is 0.0570. The van der Waals surface area contributed by atoms with Crippen molar-refractivity contribution < 1.29 is 4.79 Å². The fourth-order valence-electron chi connectivity index (χ4n) is 0.916. The van der Waals surface area contributed by atoms with Crippen molar-refractivity contribution >= 4 is 5.91 Å². The quantitative estimate of drug-likeness (QED) is 0.724. The maximum absolute atomic E-state index is 11.4. The van der Waals surface area contributed by atoms with E-state index in [0.29, 0.717) is 0 Å². The Morgan fingerprint density at radius 3 is 2.86 bits per heavy atom. The van der Waals surface area contributed by atoms with Crippen LogP contribution in [0.5, 0.6) is 0 Å². The third kappa shape index (κ3) is 1.74. The van der Waals surface area contributed by atoms with Gasteiger partial charge in [-0.15, -0.1) is 0 Å². The van der Waals surface area contributed by atoms with Gasteiger partial charge in [-0.25, -0.2) is 14.6 Å². The van der Waals surface area contributed by atoms with Crippen LogP contribution in [0.2, 0.25) is 0 Å². The summed E-state index contributed by atoms with van der Waals surface area (Å²) in [7, 11) is 0. The maximum atomic E-state index is 11.4. The molecule has 2 heterocycles. The molecule has 0 saturated heterocycles. The number of imidazole rings is 1. The van der Waals surface area contributed by atoms with E-state index in [0.717, 1.165) is 0 Å². The number of amides is 1. The van der Waals surface area contributed by atoms with Gasteiger partial charge in [-0.05, 0) is 0 Å². The minimum atomic E-state index is -0.323. The van der Waals surface area contributed by atoms with Crippen molar-refractivity contribution in [1.82, 2.24) is 19.6 Å². The Kier molecular flexibility index (Phi) is 2.18. The van der Waals surface area contributed by atoms with Gasteiger partial charge in [0, 0.05) is 24.8 Å². The molecule has 0 saturated carbocycles. The minimum Gasteiger partial charge on any atom is -0.266 e. The number of aromatic nitrogens is 4. The van der Waals surface area contributed by atoms with Gasteiger partial charge in [-0.2, -0.15) is 0 Å². The Labute approximate surface area is 79.6 Å². The van der Waals surface area contributed by atoms with Crippen LogP contribution in [0.3, 0.4) is 0 Å². The van der Waals surface area contributed by atoms with Gasteiger partial charge < -0.3 is 0 Å². The van der Waals surface area contributed by atoms with Gasteiger partial charge in [0.1, 0.15) is 12.0 Å². The van der Waals surface area contributed by atoms with E-state index in [-0.39, 0.29) is 11.6 Å². The molecule has 70 valence electrons. The van der Waals surface area contributed by atoms with E-state index >= 15 is 0 Å². The second kappa shape index (κ2) is 3.65. The average Bonchev–Trinajstić information content (AvgIpc) is 2.72. The largest absolute Gasteiger partial charge is 0.290 e. The second-order valence-corrected chi connectivity index (χ2v) is 2.50. The monoisotopic (exact) mass is 189 g/mol. The summed E-state index contributed by atoms with van der Waals surface area (Å²) in [5.41, 5.74) is 2.82. The maximum Gasteiger partial charge on any atom is 0.290 e. The van der Waals surface area contributed by atoms with E-state index < -0.39 is 0 Å². The molecule has 0 unspecified atom stereocenters. The summed E-state index contributed by atoms with van der Waals surface area (Å²) in [5, 5.41) is 0. The van der Waals surface area contributed by atoms with E-state index in [1.165, 1.54) is 29.6 Å². The molecule has 1 N–H and O–H groups in total. The first-order valence-electron chi connectivity index (χ1n) is 3.91. The lowest BCUT2D eigenvalue weighted by molar-refractivity contribution is 0.100. The average molecular weight is 189 g/mol. The van der Waals surface area contributed by atoms with Crippen molar-refractivity contribution in [1.29, 1.82) is 0 Å². The SMILES string of the molecule is O=C(Nn1ccnc1)c1cnccn1. The molecule has 0 radical (unpaired) electrons. The van der Waals surface area contributed by atoms with Gasteiger partial charge in [0.2, 0.25) is 0 Å². The van der Waals surface area contributed by atoms with Gasteiger partial charge in [0.05, 0.1) is 6.20 Å². The molecular weight excluding hydrogens is 182 g/mol. The Balaban J connectivity index is 2.11. The van der Waals surface area contributed by atoms with Crippen molar-refractivity contribution in [2.75, 3.05) is 5.43 Å². The molecule has 2 aromatic rings. The topological polar surface area (TPSA) is 72.7 Å². The van der Waals surface area contributed by atoms with Crippen molar-refractivity contribution in [3.05, 3.63) is 43.0 Å². The van der Waals surface area contributed by atoms with Gasteiger partial charge in [-0.1, -0.05) is 0 Å². The predicted molar refractivity (Wildman–Crippen MR) is 48.0 cm³/mol. The Morgan fingerprint density at radius 2 is 2.21 bits per heavy atom. The van der Waals surface area contributed by atoms with Crippen molar-refractivity contribution in [2.24, 2.45) is 0 Å². The Hall–Kier alpha value is -2.24. The molecule has 0 aliphatic rings. The van der Waals surface area contributed by atoms with E-state index in [1.807, 2.05) is 0 Å². The number of hydrogen-bond donors (Lipinski definition) is 1. The van der Waals surface area contributed by atoms with Crippen LogP contribution in [0.4, 0.5) is 0 Å². The zero-order valence-corrected chi connectivity index (χ0v) is 7.16. The summed E-state index contributed by atoms with van der Waals surface area (Å²) in [6.07, 6.45) is 9.03. The minimum absolute atomic E-state index is 0.265. The standard InChI is InChI=1S/C8H7N5O/c14-8(7-5-9-1-2-11-7)12-13-4-3-10-6-13/h1-6H,(H,12,14). The van der Waals surface area contributed by atoms with E-state index in [9.17, 15) is 4.79 Å². The van der Waals surface area contributed by atoms with E-state index in [4.69, 9.17) is 0 Å². The van der Waals surface area contributed by atoms with Crippen LogP contribution in [-0.2, 0) is 0 Å². The normalized spacial score (nSPS) is 9.71. The highest BCUT2D eigenvalue weighted by Gasteiger charge is 2.05. The number of carbonyl (C=O) groups excluding carboxylic acids is 1. The number of carbonyl (C=O) groups is 1. The van der Waals surface area contributed by atoms with Crippen LogP contribution < -0.4 is 5.43 Å². The van der Waals surface area contributed by atoms with Gasteiger partial charge in [0.15, 0.2) is 0 Å². The molecule has 0 fully saturated rings. The van der Waals surface area contributed by atoms with Crippen LogP contribution in [0.25, 0.3) is 0 Å². The van der Waals surface area contributed by atoms with Crippen molar-refractivity contribution in [3.8, 4) is 0 Å². The summed E-state index contributed by atoms with van der Waals surface area (Å²) in [6, 6.07) is 0. The van der Waals surface area contributed by atoms with Crippen LogP contribution in [-0.4, -0.2) is 25.5 Å². The second-order valence-electron chi connectivity index (χ2n) is 2.50. The molecule has 0 aliphatic carbocycles. The molecule has 2 aromatic heterocycles. The molecule has 0 aromatic carbocycles. The molecule has 6 heteroatoms. The number of nitrogens with one attached hydrogen (secondary N) is 1. The summed E-state index contributed by atoms with van der Waals surface area (Å²) >= 11 is 0. The highest BCUT2D eigenvalue weighted by atomic mass is 16.2. The summed E-state index contributed by atoms with van der Waals surface area (Å²) in [5.74, 6) is -0.323. The van der Waals surface area contributed by atoms with Crippen LogP contribution in [0.1, 0.15) is 10.5 Å². The lowest BCUT2D eigenvalue weighted by atomic mass is 10.4. The van der Waals surface area contributed by atoms with Gasteiger partial charge in [0.25, 0.3) is 5.91 Å². The van der Waals surface area contributed by atoms with Gasteiger partial charge in [-0.3, -0.25) is 15.2 Å². The molecular formula is C8H7N5O. The van der Waals surface area contributed by atoms with Gasteiger partial charge >= 0.3 is 0 Å². The molecule has 0 aliphatic heterocycles. The van der Waals surface area contributed by atoms with Crippen LogP contribution >= 0.6 is 0 Å². The Morgan fingerprint density at radius 1 is 1.29 bits per heavy atom. The van der Waals surface area contributed by atoms with E-state index in [2.05, 4.69) is 20.4 Å². The molecule has 6 nitrogen and oxygen atoms in total. The van der Waals surface area contributed by atoms with Crippen molar-refractivity contribution in [2.45, 2.75) is 0 Å². The molecule has 0 spiro atoms. The molecule has 0 atom stereocenters. The Bertz CT molecular complexity index is 411. The summed E-state index contributed by atoms with van der Waals surface area (Å²) in [4.78, 5) is 22.9.